The first kappa shape index (κ1) is 13.2. The molecule has 5 heteroatoms. The van der Waals surface area contributed by atoms with E-state index in [1.54, 1.807) is 0 Å². The fraction of sp³-hybridized carbons (Fsp3) is 0.267. The third-order valence-electron chi connectivity index (χ3n) is 2.99. The molecule has 1 N–H and O–H groups in total. The van der Waals surface area contributed by atoms with Gasteiger partial charge in [0, 0.05) is 11.6 Å². The molecule has 0 bridgehead atoms. The largest absolute Gasteiger partial charge is 0.452 e. The van der Waals surface area contributed by atoms with Crippen LogP contribution in [0.3, 0.4) is 0 Å². The molecule has 0 saturated carbocycles. The monoisotopic (exact) mass is 334 g/mol. The van der Waals surface area contributed by atoms with Crippen LogP contribution in [0.4, 0.5) is 5.69 Å². The molecule has 0 amide bonds. The quantitative estimate of drug-likeness (QED) is 0.735. The van der Waals surface area contributed by atoms with Crippen molar-refractivity contribution >= 4 is 32.7 Å². The van der Waals surface area contributed by atoms with Gasteiger partial charge in [0.15, 0.2) is 16.1 Å². The van der Waals surface area contributed by atoms with Crippen LogP contribution in [0.5, 0.6) is 0 Å². The van der Waals surface area contributed by atoms with Crippen LogP contribution < -0.4 is 5.32 Å². The number of rotatable bonds is 4. The van der Waals surface area contributed by atoms with Crippen molar-refractivity contribution in [3.63, 3.8) is 0 Å². The van der Waals surface area contributed by atoms with Crippen molar-refractivity contribution in [2.24, 2.45) is 0 Å². The Hall–Kier alpha value is -1.75. The highest BCUT2D eigenvalue weighted by atomic mass is 79.9. The Morgan fingerprint density at radius 2 is 2.05 bits per heavy atom. The standard InChI is InChI=1S/C15H15BrN2O2/c1-9(2)15-18-12-7-10(3-5-13(12)20-15)17-8-11-4-6-14(16)19-11/h3-7,9,17H,8H2,1-2H3. The Balaban J connectivity index is 1.78. The molecule has 0 spiro atoms. The Morgan fingerprint density at radius 1 is 1.20 bits per heavy atom. The zero-order chi connectivity index (χ0) is 14.1. The van der Waals surface area contributed by atoms with E-state index in [2.05, 4.69) is 40.1 Å². The minimum absolute atomic E-state index is 0.291. The predicted molar refractivity (Wildman–Crippen MR) is 81.8 cm³/mol. The molecule has 104 valence electrons. The Kier molecular flexibility index (Phi) is 3.53. The fourth-order valence-electron chi connectivity index (χ4n) is 1.94. The number of benzene rings is 1. The summed E-state index contributed by atoms with van der Waals surface area (Å²) in [6.45, 7) is 4.77. The first-order valence-electron chi connectivity index (χ1n) is 6.50. The zero-order valence-corrected chi connectivity index (χ0v) is 12.9. The number of hydrogen-bond acceptors (Lipinski definition) is 4. The molecule has 0 fully saturated rings. The molecular weight excluding hydrogens is 320 g/mol. The summed E-state index contributed by atoms with van der Waals surface area (Å²) in [5.74, 6) is 1.94. The minimum atomic E-state index is 0.291. The van der Waals surface area contributed by atoms with Gasteiger partial charge in [-0.25, -0.2) is 4.98 Å². The van der Waals surface area contributed by atoms with Crippen molar-refractivity contribution in [2.75, 3.05) is 5.32 Å². The van der Waals surface area contributed by atoms with Crippen molar-refractivity contribution in [1.29, 1.82) is 0 Å². The van der Waals surface area contributed by atoms with Gasteiger partial charge in [0.25, 0.3) is 0 Å². The van der Waals surface area contributed by atoms with Crippen molar-refractivity contribution in [3.05, 3.63) is 46.7 Å². The normalized spacial score (nSPS) is 11.4. The fourth-order valence-corrected chi connectivity index (χ4v) is 2.28. The van der Waals surface area contributed by atoms with Gasteiger partial charge >= 0.3 is 0 Å². The van der Waals surface area contributed by atoms with Gasteiger partial charge in [-0.05, 0) is 46.3 Å². The van der Waals surface area contributed by atoms with E-state index < -0.39 is 0 Å². The summed E-state index contributed by atoms with van der Waals surface area (Å²) in [6, 6.07) is 9.72. The van der Waals surface area contributed by atoms with Crippen LogP contribution in [0.25, 0.3) is 11.1 Å². The van der Waals surface area contributed by atoms with Gasteiger partial charge in [0.05, 0.1) is 6.54 Å². The summed E-state index contributed by atoms with van der Waals surface area (Å²) in [7, 11) is 0. The van der Waals surface area contributed by atoms with E-state index in [0.29, 0.717) is 12.5 Å². The van der Waals surface area contributed by atoms with E-state index in [9.17, 15) is 0 Å². The predicted octanol–water partition coefficient (Wildman–Crippen LogP) is 4.92. The number of furan rings is 1. The maximum absolute atomic E-state index is 5.69. The van der Waals surface area contributed by atoms with Gasteiger partial charge in [-0.1, -0.05) is 13.8 Å². The molecule has 20 heavy (non-hydrogen) atoms. The second-order valence-electron chi connectivity index (χ2n) is 4.95. The number of hydrogen-bond donors (Lipinski definition) is 1. The minimum Gasteiger partial charge on any atom is -0.452 e. The van der Waals surface area contributed by atoms with Gasteiger partial charge < -0.3 is 14.2 Å². The molecule has 1 aromatic carbocycles. The van der Waals surface area contributed by atoms with Crippen LogP contribution in [0, 0.1) is 0 Å². The SMILES string of the molecule is CC(C)c1nc2cc(NCc3ccc(Br)o3)ccc2o1. The highest BCUT2D eigenvalue weighted by Crippen LogP contribution is 2.24. The van der Waals surface area contributed by atoms with Gasteiger partial charge in [-0.15, -0.1) is 0 Å². The van der Waals surface area contributed by atoms with Crippen LogP contribution in [-0.4, -0.2) is 4.98 Å². The van der Waals surface area contributed by atoms with Gasteiger partial charge in [-0.2, -0.15) is 0 Å². The zero-order valence-electron chi connectivity index (χ0n) is 11.3. The molecular formula is C15H15BrN2O2. The summed E-state index contributed by atoms with van der Waals surface area (Å²) < 4.78 is 11.9. The molecule has 0 saturated heterocycles. The molecule has 0 unspecified atom stereocenters. The third kappa shape index (κ3) is 2.72. The van der Waals surface area contributed by atoms with Crippen LogP contribution in [0.2, 0.25) is 0 Å². The summed E-state index contributed by atoms with van der Waals surface area (Å²) >= 11 is 3.29. The number of aromatic nitrogens is 1. The Morgan fingerprint density at radius 3 is 2.75 bits per heavy atom. The van der Waals surface area contributed by atoms with E-state index in [0.717, 1.165) is 33.1 Å². The van der Waals surface area contributed by atoms with Gasteiger partial charge in [0.1, 0.15) is 11.3 Å². The molecule has 2 heterocycles. The highest BCUT2D eigenvalue weighted by molar-refractivity contribution is 9.10. The molecule has 2 aromatic heterocycles. The molecule has 4 nitrogen and oxygen atoms in total. The lowest BCUT2D eigenvalue weighted by molar-refractivity contribution is 0.495. The number of nitrogens with one attached hydrogen (secondary N) is 1. The van der Waals surface area contributed by atoms with Crippen LogP contribution >= 0.6 is 15.9 Å². The number of fused-ring (bicyclic) bond motifs is 1. The van der Waals surface area contributed by atoms with Crippen molar-refractivity contribution in [1.82, 2.24) is 4.98 Å². The average molecular weight is 335 g/mol. The number of nitrogens with zero attached hydrogens (tertiary/aromatic N) is 1. The summed E-state index contributed by atoms with van der Waals surface area (Å²) in [5, 5.41) is 3.31. The number of anilines is 1. The van der Waals surface area contributed by atoms with Crippen LogP contribution in [-0.2, 0) is 6.54 Å². The van der Waals surface area contributed by atoms with E-state index in [1.807, 2.05) is 30.3 Å². The Labute approximate surface area is 125 Å². The molecule has 0 aliphatic heterocycles. The van der Waals surface area contributed by atoms with E-state index in [1.165, 1.54) is 0 Å². The van der Waals surface area contributed by atoms with E-state index >= 15 is 0 Å². The lowest BCUT2D eigenvalue weighted by Gasteiger charge is -2.03. The van der Waals surface area contributed by atoms with Crippen molar-refractivity contribution < 1.29 is 8.83 Å². The average Bonchev–Trinajstić information content (AvgIpc) is 3.01. The van der Waals surface area contributed by atoms with Gasteiger partial charge in [0.2, 0.25) is 0 Å². The van der Waals surface area contributed by atoms with Crippen molar-refractivity contribution in [2.45, 2.75) is 26.3 Å². The van der Waals surface area contributed by atoms with Crippen LogP contribution in [0.1, 0.15) is 31.4 Å². The molecule has 3 rings (SSSR count). The molecule has 0 radical (unpaired) electrons. The molecule has 0 atom stereocenters. The lowest BCUT2D eigenvalue weighted by atomic mass is 10.2. The topological polar surface area (TPSA) is 51.2 Å². The van der Waals surface area contributed by atoms with Crippen molar-refractivity contribution in [3.8, 4) is 0 Å². The highest BCUT2D eigenvalue weighted by Gasteiger charge is 2.09. The Bertz CT molecular complexity index is 730. The second-order valence-corrected chi connectivity index (χ2v) is 5.73. The van der Waals surface area contributed by atoms with Gasteiger partial charge in [-0.3, -0.25) is 0 Å². The first-order chi connectivity index (χ1) is 9.61. The maximum atomic E-state index is 5.69. The molecule has 0 aliphatic carbocycles. The third-order valence-corrected chi connectivity index (χ3v) is 3.42. The van der Waals surface area contributed by atoms with E-state index in [4.69, 9.17) is 8.83 Å². The summed E-state index contributed by atoms with van der Waals surface area (Å²) in [5.41, 5.74) is 2.69. The lowest BCUT2D eigenvalue weighted by Crippen LogP contribution is -1.97. The molecule has 3 aromatic rings. The smallest absolute Gasteiger partial charge is 0.198 e. The summed E-state index contributed by atoms with van der Waals surface area (Å²) in [6.07, 6.45) is 0. The summed E-state index contributed by atoms with van der Waals surface area (Å²) in [4.78, 5) is 4.49. The first-order valence-corrected chi connectivity index (χ1v) is 7.29. The van der Waals surface area contributed by atoms with Crippen LogP contribution in [0.15, 0.2) is 43.8 Å². The number of halogens is 1. The second kappa shape index (κ2) is 5.32. The molecule has 0 aliphatic rings. The van der Waals surface area contributed by atoms with E-state index in [-0.39, 0.29) is 0 Å². The maximum Gasteiger partial charge on any atom is 0.198 e. The number of oxazole rings is 1.